The first-order valence-electron chi connectivity index (χ1n) is 5.34. The fourth-order valence-corrected chi connectivity index (χ4v) is 1.42. The number of aromatic nitrogens is 1. The van der Waals surface area contributed by atoms with Crippen LogP contribution >= 0.6 is 0 Å². The quantitative estimate of drug-likeness (QED) is 0.778. The maximum atomic E-state index is 5.97. The highest BCUT2D eigenvalue weighted by atomic mass is 14.6. The van der Waals surface area contributed by atoms with Crippen molar-refractivity contribution in [3.05, 3.63) is 30.1 Å². The van der Waals surface area contributed by atoms with Crippen molar-refractivity contribution >= 4 is 0 Å². The van der Waals surface area contributed by atoms with Gasteiger partial charge in [-0.25, -0.2) is 0 Å². The Bertz CT molecular complexity index is 244. The molecule has 78 valence electrons. The molecule has 2 nitrogen and oxygen atoms in total. The van der Waals surface area contributed by atoms with Gasteiger partial charge in [-0.05, 0) is 42.9 Å². The van der Waals surface area contributed by atoms with E-state index in [9.17, 15) is 0 Å². The first kappa shape index (κ1) is 11.2. The lowest BCUT2D eigenvalue weighted by molar-refractivity contribution is 0.452. The first-order valence-corrected chi connectivity index (χ1v) is 5.34. The van der Waals surface area contributed by atoms with Crippen LogP contribution in [0.15, 0.2) is 24.5 Å². The van der Waals surface area contributed by atoms with Crippen LogP contribution in [0.3, 0.4) is 0 Å². The summed E-state index contributed by atoms with van der Waals surface area (Å²) in [6.07, 6.45) is 7.09. The number of nitrogens with zero attached hydrogens (tertiary/aromatic N) is 1. The number of rotatable bonds is 5. The fourth-order valence-electron chi connectivity index (χ4n) is 1.42. The molecule has 1 unspecified atom stereocenters. The Morgan fingerprint density at radius 1 is 1.29 bits per heavy atom. The summed E-state index contributed by atoms with van der Waals surface area (Å²) in [6, 6.07) is 4.48. The van der Waals surface area contributed by atoms with Crippen molar-refractivity contribution in [3.63, 3.8) is 0 Å². The Morgan fingerprint density at radius 3 is 2.50 bits per heavy atom. The zero-order chi connectivity index (χ0) is 10.4. The molecule has 1 rings (SSSR count). The highest BCUT2D eigenvalue weighted by molar-refractivity contribution is 5.09. The zero-order valence-electron chi connectivity index (χ0n) is 9.11. The van der Waals surface area contributed by atoms with Gasteiger partial charge in [0.1, 0.15) is 0 Å². The van der Waals surface area contributed by atoms with E-state index in [1.807, 2.05) is 12.4 Å². The number of hydrogen-bond acceptors (Lipinski definition) is 2. The van der Waals surface area contributed by atoms with E-state index >= 15 is 0 Å². The third-order valence-electron chi connectivity index (χ3n) is 2.61. The molecule has 0 aliphatic rings. The normalized spacial score (nSPS) is 13.1. The predicted octanol–water partition coefficient (Wildman–Crippen LogP) is 2.39. The predicted molar refractivity (Wildman–Crippen MR) is 60.0 cm³/mol. The van der Waals surface area contributed by atoms with Gasteiger partial charge in [0.05, 0.1) is 0 Å². The Morgan fingerprint density at radius 2 is 1.93 bits per heavy atom. The van der Waals surface area contributed by atoms with Gasteiger partial charge in [0.2, 0.25) is 0 Å². The van der Waals surface area contributed by atoms with Crippen molar-refractivity contribution in [2.24, 2.45) is 11.7 Å². The summed E-state index contributed by atoms with van der Waals surface area (Å²) < 4.78 is 0. The minimum absolute atomic E-state index is 0.344. The summed E-state index contributed by atoms with van der Waals surface area (Å²) in [7, 11) is 0. The van der Waals surface area contributed by atoms with E-state index in [0.29, 0.717) is 12.0 Å². The molecule has 0 fully saturated rings. The lowest BCUT2D eigenvalue weighted by Gasteiger charge is -2.14. The van der Waals surface area contributed by atoms with Crippen LogP contribution in [0.25, 0.3) is 0 Å². The summed E-state index contributed by atoms with van der Waals surface area (Å²) in [5, 5.41) is 0. The molecule has 0 radical (unpaired) electrons. The van der Waals surface area contributed by atoms with E-state index in [1.165, 1.54) is 12.0 Å². The molecular weight excluding hydrogens is 172 g/mol. The van der Waals surface area contributed by atoms with E-state index < -0.39 is 0 Å². The van der Waals surface area contributed by atoms with Crippen LogP contribution in [0.5, 0.6) is 0 Å². The van der Waals surface area contributed by atoms with Crippen molar-refractivity contribution < 1.29 is 0 Å². The van der Waals surface area contributed by atoms with Crippen LogP contribution in [-0.4, -0.2) is 11.0 Å². The molecule has 14 heavy (non-hydrogen) atoms. The third kappa shape index (κ3) is 3.88. The molecule has 2 N–H and O–H groups in total. The molecular formula is C12H20N2. The Hall–Kier alpha value is -0.890. The smallest absolute Gasteiger partial charge is 0.0270 e. The molecule has 2 heteroatoms. The standard InChI is InChI=1S/C12H20N2/c1-10(2)12(13)5-3-4-11-6-8-14-9-7-11/h6-10,12H,3-5,13H2,1-2H3. The molecule has 0 bridgehead atoms. The molecule has 1 aromatic rings. The minimum Gasteiger partial charge on any atom is -0.327 e. The van der Waals surface area contributed by atoms with Crippen LogP contribution < -0.4 is 5.73 Å². The van der Waals surface area contributed by atoms with Gasteiger partial charge >= 0.3 is 0 Å². The maximum Gasteiger partial charge on any atom is 0.0270 e. The molecule has 1 heterocycles. The summed E-state index contributed by atoms with van der Waals surface area (Å²) >= 11 is 0. The lowest BCUT2D eigenvalue weighted by atomic mass is 9.98. The van der Waals surface area contributed by atoms with Crippen LogP contribution in [0.1, 0.15) is 32.3 Å². The van der Waals surface area contributed by atoms with E-state index in [4.69, 9.17) is 5.73 Å². The summed E-state index contributed by atoms with van der Waals surface area (Å²) in [5.74, 6) is 0.590. The van der Waals surface area contributed by atoms with Crippen molar-refractivity contribution in [3.8, 4) is 0 Å². The summed E-state index contributed by atoms with van der Waals surface area (Å²) in [5.41, 5.74) is 7.33. The number of nitrogens with two attached hydrogens (primary N) is 1. The van der Waals surface area contributed by atoms with Gasteiger partial charge in [-0.1, -0.05) is 13.8 Å². The van der Waals surface area contributed by atoms with Crippen LogP contribution in [-0.2, 0) is 6.42 Å². The topological polar surface area (TPSA) is 38.9 Å². The van der Waals surface area contributed by atoms with Crippen molar-refractivity contribution in [1.82, 2.24) is 4.98 Å². The van der Waals surface area contributed by atoms with Gasteiger partial charge in [0, 0.05) is 18.4 Å². The van der Waals surface area contributed by atoms with Gasteiger partial charge in [0.15, 0.2) is 0 Å². The number of pyridine rings is 1. The number of aryl methyl sites for hydroxylation is 1. The maximum absolute atomic E-state index is 5.97. The average molecular weight is 192 g/mol. The van der Waals surface area contributed by atoms with E-state index in [1.54, 1.807) is 0 Å². The van der Waals surface area contributed by atoms with E-state index in [2.05, 4.69) is 31.0 Å². The highest BCUT2D eigenvalue weighted by Gasteiger charge is 2.06. The molecule has 1 atom stereocenters. The minimum atomic E-state index is 0.344. The lowest BCUT2D eigenvalue weighted by Crippen LogP contribution is -2.26. The van der Waals surface area contributed by atoms with Gasteiger partial charge in [-0.15, -0.1) is 0 Å². The second-order valence-corrected chi connectivity index (χ2v) is 4.16. The molecule has 0 aliphatic carbocycles. The molecule has 0 saturated heterocycles. The molecule has 1 aromatic heterocycles. The Labute approximate surface area is 86.5 Å². The van der Waals surface area contributed by atoms with Crippen molar-refractivity contribution in [2.45, 2.75) is 39.2 Å². The number of hydrogen-bond donors (Lipinski definition) is 1. The SMILES string of the molecule is CC(C)C(N)CCCc1ccncc1. The van der Waals surface area contributed by atoms with Gasteiger partial charge in [-0.3, -0.25) is 4.98 Å². The second-order valence-electron chi connectivity index (χ2n) is 4.16. The summed E-state index contributed by atoms with van der Waals surface area (Å²) in [6.45, 7) is 4.36. The monoisotopic (exact) mass is 192 g/mol. The molecule has 0 spiro atoms. The van der Waals surface area contributed by atoms with Gasteiger partial charge in [0.25, 0.3) is 0 Å². The third-order valence-corrected chi connectivity index (χ3v) is 2.61. The average Bonchev–Trinajstić information content (AvgIpc) is 2.19. The van der Waals surface area contributed by atoms with Crippen molar-refractivity contribution in [1.29, 1.82) is 0 Å². The summed E-state index contributed by atoms with van der Waals surface area (Å²) in [4.78, 5) is 3.99. The fraction of sp³-hybridized carbons (Fsp3) is 0.583. The largest absolute Gasteiger partial charge is 0.327 e. The molecule has 0 amide bonds. The van der Waals surface area contributed by atoms with Gasteiger partial charge < -0.3 is 5.73 Å². The van der Waals surface area contributed by atoms with Crippen LogP contribution in [0, 0.1) is 5.92 Å². The second kappa shape index (κ2) is 5.76. The Kier molecular flexibility index (Phi) is 4.60. The van der Waals surface area contributed by atoms with Crippen molar-refractivity contribution in [2.75, 3.05) is 0 Å². The van der Waals surface area contributed by atoms with E-state index in [-0.39, 0.29) is 0 Å². The zero-order valence-corrected chi connectivity index (χ0v) is 9.11. The molecule has 0 aromatic carbocycles. The molecule has 0 saturated carbocycles. The van der Waals surface area contributed by atoms with E-state index in [0.717, 1.165) is 12.8 Å². The first-order chi connectivity index (χ1) is 6.70. The highest BCUT2D eigenvalue weighted by Crippen LogP contribution is 2.09. The Balaban J connectivity index is 2.22. The molecule has 0 aliphatic heterocycles. The van der Waals surface area contributed by atoms with Gasteiger partial charge in [-0.2, -0.15) is 0 Å². The van der Waals surface area contributed by atoms with Crippen LogP contribution in [0.4, 0.5) is 0 Å². The van der Waals surface area contributed by atoms with Crippen LogP contribution in [0.2, 0.25) is 0 Å².